The average molecular weight is 249 g/mol. The second-order valence-electron chi connectivity index (χ2n) is 4.81. The molecule has 0 amide bonds. The lowest BCUT2D eigenvalue weighted by atomic mass is 10.1. The molecule has 0 radical (unpaired) electrons. The molecule has 0 aromatic heterocycles. The zero-order valence-corrected chi connectivity index (χ0v) is 11.4. The molecule has 1 N–H and O–H groups in total. The van der Waals surface area contributed by atoms with Crippen molar-refractivity contribution in [3.63, 3.8) is 0 Å². The molecule has 1 heterocycles. The summed E-state index contributed by atoms with van der Waals surface area (Å²) in [5.41, 5.74) is 2.65. The van der Waals surface area contributed by atoms with Gasteiger partial charge in [-0.3, -0.25) is 0 Å². The molecule has 1 aliphatic heterocycles. The molecule has 18 heavy (non-hydrogen) atoms. The first kappa shape index (κ1) is 13.4. The lowest BCUT2D eigenvalue weighted by molar-refractivity contribution is 0.143. The summed E-state index contributed by atoms with van der Waals surface area (Å²) in [5.74, 6) is 1.06. The second-order valence-corrected chi connectivity index (χ2v) is 4.81. The Morgan fingerprint density at radius 3 is 3.17 bits per heavy atom. The summed E-state index contributed by atoms with van der Waals surface area (Å²) < 4.78 is 11.2. The van der Waals surface area contributed by atoms with E-state index in [0.717, 1.165) is 44.9 Å². The minimum atomic E-state index is 0.286. The highest BCUT2D eigenvalue weighted by molar-refractivity contribution is 5.40. The summed E-state index contributed by atoms with van der Waals surface area (Å²) >= 11 is 0. The van der Waals surface area contributed by atoms with E-state index in [2.05, 4.69) is 30.4 Å². The molecule has 0 saturated carbocycles. The van der Waals surface area contributed by atoms with E-state index in [-0.39, 0.29) is 6.10 Å². The number of hydrogen-bond acceptors (Lipinski definition) is 3. The zero-order valence-electron chi connectivity index (χ0n) is 11.4. The fourth-order valence-corrected chi connectivity index (χ4v) is 2.27. The summed E-state index contributed by atoms with van der Waals surface area (Å²) in [6, 6.07) is 6.42. The third-order valence-corrected chi connectivity index (χ3v) is 3.18. The van der Waals surface area contributed by atoms with Crippen LogP contribution in [-0.2, 0) is 11.2 Å². The normalized spacial score (nSPS) is 17.6. The molecule has 1 aromatic carbocycles. The number of benzene rings is 1. The van der Waals surface area contributed by atoms with E-state index >= 15 is 0 Å². The highest BCUT2D eigenvalue weighted by Crippen LogP contribution is 2.29. The smallest absolute Gasteiger partial charge is 0.123 e. The first-order valence-corrected chi connectivity index (χ1v) is 6.84. The quantitative estimate of drug-likeness (QED) is 0.752. The Morgan fingerprint density at radius 2 is 2.33 bits per heavy atom. The Kier molecular flexibility index (Phi) is 5.02. The molecule has 0 fully saturated rings. The SMILES string of the molecule is CCOCCCNCC1Cc2cc(C)ccc2O1. The Bertz CT molecular complexity index is 379. The molecule has 0 spiro atoms. The van der Waals surface area contributed by atoms with Crippen molar-refractivity contribution in [1.29, 1.82) is 0 Å². The Morgan fingerprint density at radius 1 is 1.44 bits per heavy atom. The van der Waals surface area contributed by atoms with Gasteiger partial charge in [-0.25, -0.2) is 0 Å². The minimum absolute atomic E-state index is 0.286. The zero-order chi connectivity index (χ0) is 12.8. The lowest BCUT2D eigenvalue weighted by Gasteiger charge is -2.11. The van der Waals surface area contributed by atoms with Crippen LogP contribution in [0, 0.1) is 6.92 Å². The summed E-state index contributed by atoms with van der Waals surface area (Å²) in [6.45, 7) is 7.71. The third kappa shape index (κ3) is 3.72. The van der Waals surface area contributed by atoms with Gasteiger partial charge in [0, 0.05) is 26.2 Å². The molecule has 0 aliphatic carbocycles. The van der Waals surface area contributed by atoms with E-state index in [0.29, 0.717) is 0 Å². The van der Waals surface area contributed by atoms with Crippen molar-refractivity contribution < 1.29 is 9.47 Å². The van der Waals surface area contributed by atoms with Crippen LogP contribution in [0.5, 0.6) is 5.75 Å². The van der Waals surface area contributed by atoms with Crippen LogP contribution in [0.1, 0.15) is 24.5 Å². The fraction of sp³-hybridized carbons (Fsp3) is 0.600. The van der Waals surface area contributed by atoms with Gasteiger partial charge in [0.25, 0.3) is 0 Å². The van der Waals surface area contributed by atoms with Crippen molar-refractivity contribution in [3.05, 3.63) is 29.3 Å². The molecular formula is C15H23NO2. The van der Waals surface area contributed by atoms with Gasteiger partial charge in [-0.15, -0.1) is 0 Å². The lowest BCUT2D eigenvalue weighted by Crippen LogP contribution is -2.31. The van der Waals surface area contributed by atoms with E-state index < -0.39 is 0 Å². The molecule has 1 aromatic rings. The highest BCUT2D eigenvalue weighted by Gasteiger charge is 2.21. The molecule has 2 rings (SSSR count). The van der Waals surface area contributed by atoms with E-state index in [9.17, 15) is 0 Å². The molecule has 1 aliphatic rings. The van der Waals surface area contributed by atoms with Gasteiger partial charge in [0.15, 0.2) is 0 Å². The third-order valence-electron chi connectivity index (χ3n) is 3.18. The first-order chi connectivity index (χ1) is 8.79. The van der Waals surface area contributed by atoms with Crippen LogP contribution in [0.3, 0.4) is 0 Å². The number of ether oxygens (including phenoxy) is 2. The molecule has 0 bridgehead atoms. The summed E-state index contributed by atoms with van der Waals surface area (Å²) in [4.78, 5) is 0. The van der Waals surface area contributed by atoms with Crippen molar-refractivity contribution in [2.45, 2.75) is 32.8 Å². The van der Waals surface area contributed by atoms with Crippen LogP contribution in [0.25, 0.3) is 0 Å². The van der Waals surface area contributed by atoms with Gasteiger partial charge in [0.05, 0.1) is 0 Å². The first-order valence-electron chi connectivity index (χ1n) is 6.84. The monoisotopic (exact) mass is 249 g/mol. The van der Waals surface area contributed by atoms with E-state index in [1.807, 2.05) is 6.92 Å². The molecule has 1 atom stereocenters. The maximum atomic E-state index is 5.90. The van der Waals surface area contributed by atoms with E-state index in [4.69, 9.17) is 9.47 Å². The van der Waals surface area contributed by atoms with E-state index in [1.54, 1.807) is 0 Å². The van der Waals surface area contributed by atoms with Crippen LogP contribution < -0.4 is 10.1 Å². The van der Waals surface area contributed by atoms with E-state index in [1.165, 1.54) is 11.1 Å². The molecular weight excluding hydrogens is 226 g/mol. The van der Waals surface area contributed by atoms with Crippen molar-refractivity contribution in [3.8, 4) is 5.75 Å². The number of nitrogens with one attached hydrogen (secondary N) is 1. The maximum Gasteiger partial charge on any atom is 0.123 e. The Balaban J connectivity index is 1.65. The largest absolute Gasteiger partial charge is 0.488 e. The topological polar surface area (TPSA) is 30.5 Å². The predicted octanol–water partition coefficient (Wildman–Crippen LogP) is 2.31. The van der Waals surface area contributed by atoms with Crippen LogP contribution in [0.15, 0.2) is 18.2 Å². The van der Waals surface area contributed by atoms with Crippen LogP contribution >= 0.6 is 0 Å². The highest BCUT2D eigenvalue weighted by atomic mass is 16.5. The van der Waals surface area contributed by atoms with Gasteiger partial charge < -0.3 is 14.8 Å². The summed E-state index contributed by atoms with van der Waals surface area (Å²) in [6.07, 6.45) is 2.37. The average Bonchev–Trinajstić information content (AvgIpc) is 2.75. The van der Waals surface area contributed by atoms with Crippen molar-refractivity contribution >= 4 is 0 Å². The van der Waals surface area contributed by atoms with Gasteiger partial charge >= 0.3 is 0 Å². The number of fused-ring (bicyclic) bond motifs is 1. The van der Waals surface area contributed by atoms with Crippen LogP contribution in [-0.4, -0.2) is 32.4 Å². The number of rotatable bonds is 7. The fourth-order valence-electron chi connectivity index (χ4n) is 2.27. The number of aryl methyl sites for hydroxylation is 1. The van der Waals surface area contributed by atoms with Gasteiger partial charge in [-0.2, -0.15) is 0 Å². The molecule has 3 nitrogen and oxygen atoms in total. The van der Waals surface area contributed by atoms with Crippen molar-refractivity contribution in [2.24, 2.45) is 0 Å². The summed E-state index contributed by atoms with van der Waals surface area (Å²) in [7, 11) is 0. The molecule has 100 valence electrons. The van der Waals surface area contributed by atoms with Crippen molar-refractivity contribution in [2.75, 3.05) is 26.3 Å². The molecule has 3 heteroatoms. The second kappa shape index (κ2) is 6.76. The van der Waals surface area contributed by atoms with Crippen molar-refractivity contribution in [1.82, 2.24) is 5.32 Å². The minimum Gasteiger partial charge on any atom is -0.488 e. The standard InChI is InChI=1S/C15H23NO2/c1-3-17-8-4-7-16-11-14-10-13-9-12(2)5-6-15(13)18-14/h5-6,9,14,16H,3-4,7-8,10-11H2,1-2H3. The summed E-state index contributed by atoms with van der Waals surface area (Å²) in [5, 5.41) is 3.43. The van der Waals surface area contributed by atoms with Crippen LogP contribution in [0.4, 0.5) is 0 Å². The maximum absolute atomic E-state index is 5.90. The van der Waals surface area contributed by atoms with Gasteiger partial charge in [0.2, 0.25) is 0 Å². The Hall–Kier alpha value is -1.06. The predicted molar refractivity (Wildman–Crippen MR) is 73.3 cm³/mol. The number of hydrogen-bond donors (Lipinski definition) is 1. The molecule has 1 unspecified atom stereocenters. The van der Waals surface area contributed by atoms with Gasteiger partial charge in [-0.05, 0) is 38.4 Å². The van der Waals surface area contributed by atoms with Crippen LogP contribution in [0.2, 0.25) is 0 Å². The molecule has 0 saturated heterocycles. The Labute approximate surface area is 109 Å². The van der Waals surface area contributed by atoms with Gasteiger partial charge in [-0.1, -0.05) is 17.7 Å². The van der Waals surface area contributed by atoms with Gasteiger partial charge in [0.1, 0.15) is 11.9 Å².